The molecule has 0 heterocycles. The van der Waals surface area contributed by atoms with Crippen LogP contribution in [-0.2, 0) is 14.5 Å². The normalized spacial score (nSPS) is 17.8. The van der Waals surface area contributed by atoms with Crippen molar-refractivity contribution in [2.45, 2.75) is 36.8 Å². The highest BCUT2D eigenvalue weighted by molar-refractivity contribution is 7.92. The van der Waals surface area contributed by atoms with Crippen LogP contribution in [0.4, 0.5) is 26.3 Å². The van der Waals surface area contributed by atoms with E-state index in [1.165, 1.54) is 0 Å². The van der Waals surface area contributed by atoms with Crippen LogP contribution in [0.5, 0.6) is 0 Å². The number of rotatable bonds is 7. The van der Waals surface area contributed by atoms with Crippen molar-refractivity contribution < 1.29 is 45.6 Å². The predicted molar refractivity (Wildman–Crippen MR) is 62.5 cm³/mol. The number of aliphatic hydroxyl groups is 1. The minimum atomic E-state index is -6.06. The molecule has 0 aliphatic rings. The Morgan fingerprint density at radius 1 is 1.14 bits per heavy atom. The largest absolute Gasteiger partial charge is 0.480 e. The Labute approximate surface area is 121 Å². The van der Waals surface area contributed by atoms with Crippen molar-refractivity contribution in [3.05, 3.63) is 0 Å². The first-order chi connectivity index (χ1) is 9.53. The van der Waals surface area contributed by atoms with Crippen LogP contribution < -0.4 is 5.73 Å². The Bertz CT molecular complexity index is 487. The summed E-state index contributed by atoms with van der Waals surface area (Å²) in [6.45, 7) is 0. The predicted octanol–water partition coefficient (Wildman–Crippen LogP) is 1.08. The van der Waals surface area contributed by atoms with Crippen molar-refractivity contribution >= 4 is 15.7 Å². The van der Waals surface area contributed by atoms with Crippen LogP contribution in [0.2, 0.25) is 0 Å². The lowest BCUT2D eigenvalue weighted by molar-refractivity contribution is -0.368. The molecule has 22 heavy (non-hydrogen) atoms. The lowest BCUT2D eigenvalue weighted by atomic mass is 10.00. The average molecular weight is 360 g/mol. The second-order valence-electron chi connectivity index (χ2n) is 4.56. The van der Waals surface area contributed by atoms with Crippen LogP contribution in [0.1, 0.15) is 12.8 Å². The summed E-state index contributed by atoms with van der Waals surface area (Å²) < 4.78 is 93.0. The van der Waals surface area contributed by atoms with Gasteiger partial charge in [-0.3, -0.25) is 9.57 Å². The number of hydrogen-bond donors (Lipinski definition) is 4. The van der Waals surface area contributed by atoms with Crippen LogP contribution >= 0.6 is 0 Å². The molecule has 0 rings (SSSR count). The van der Waals surface area contributed by atoms with Gasteiger partial charge in [-0.2, -0.15) is 26.3 Å². The number of carboxylic acids is 1. The number of nitrogens with two attached hydrogens (primary N) is 1. The number of carboxylic acid groups (broad SMARTS) is 1. The molecule has 5 N–H and O–H groups in total. The molecule has 0 radical (unpaired) electrons. The Hall–Kier alpha value is -1.08. The van der Waals surface area contributed by atoms with Crippen molar-refractivity contribution in [2.75, 3.05) is 11.5 Å². The highest BCUT2D eigenvalue weighted by atomic mass is 32.2. The summed E-state index contributed by atoms with van der Waals surface area (Å²) >= 11 is 0. The maximum atomic E-state index is 12.4. The fourth-order valence-corrected chi connectivity index (χ4v) is 2.76. The molecule has 2 unspecified atom stereocenters. The van der Waals surface area contributed by atoms with Crippen molar-refractivity contribution in [2.24, 2.45) is 5.73 Å². The van der Waals surface area contributed by atoms with Crippen molar-refractivity contribution in [1.29, 1.82) is 4.78 Å². The van der Waals surface area contributed by atoms with E-state index in [-0.39, 0.29) is 0 Å². The van der Waals surface area contributed by atoms with E-state index in [1.807, 2.05) is 0 Å². The first kappa shape index (κ1) is 20.9. The van der Waals surface area contributed by atoms with Gasteiger partial charge in [0.05, 0.1) is 0 Å². The van der Waals surface area contributed by atoms with Crippen LogP contribution in [0, 0.1) is 4.78 Å². The average Bonchev–Trinajstić information content (AvgIpc) is 2.30. The Kier molecular flexibility index (Phi) is 6.26. The Balaban J connectivity index is 4.98. The molecule has 0 aromatic rings. The van der Waals surface area contributed by atoms with Crippen LogP contribution in [0.15, 0.2) is 0 Å². The maximum Gasteiger partial charge on any atom is 0.426 e. The zero-order valence-electron chi connectivity index (χ0n) is 10.9. The molecule has 0 fully saturated rings. The summed E-state index contributed by atoms with van der Waals surface area (Å²) in [7, 11) is -3.97. The lowest BCUT2D eigenvalue weighted by Gasteiger charge is -2.32. The molecule has 0 saturated heterocycles. The number of hydrogen-bond acceptors (Lipinski definition) is 5. The highest BCUT2D eigenvalue weighted by Crippen LogP contribution is 2.45. The van der Waals surface area contributed by atoms with E-state index in [4.69, 9.17) is 20.7 Å². The second-order valence-corrected chi connectivity index (χ2v) is 7.00. The van der Waals surface area contributed by atoms with E-state index in [0.717, 1.165) is 0 Å². The van der Waals surface area contributed by atoms with Crippen LogP contribution in [-0.4, -0.2) is 55.9 Å². The number of nitrogens with one attached hydrogen (secondary N) is 1. The van der Waals surface area contributed by atoms with Gasteiger partial charge in [0.2, 0.25) is 0 Å². The molecular formula is C9H14F6N2O4S. The molecule has 0 bridgehead atoms. The SMILES string of the molecule is N=S(=O)(CCC(N)C(=O)O)CCC(O)(C(F)(F)F)C(F)(F)F. The third-order valence-corrected chi connectivity index (χ3v) is 4.57. The Morgan fingerprint density at radius 2 is 1.55 bits per heavy atom. The van der Waals surface area contributed by atoms with Gasteiger partial charge in [-0.15, -0.1) is 0 Å². The summed E-state index contributed by atoms with van der Waals surface area (Å²) in [6, 6.07) is -1.55. The number of carbonyl (C=O) groups is 1. The van der Waals surface area contributed by atoms with Gasteiger partial charge < -0.3 is 15.9 Å². The minimum Gasteiger partial charge on any atom is -0.480 e. The third kappa shape index (κ3) is 5.28. The van der Waals surface area contributed by atoms with Gasteiger partial charge in [-0.05, 0) is 6.42 Å². The molecule has 0 aromatic heterocycles. The van der Waals surface area contributed by atoms with E-state index in [9.17, 15) is 35.3 Å². The molecule has 2 atom stereocenters. The number of alkyl halides is 6. The fraction of sp³-hybridized carbons (Fsp3) is 0.889. The van der Waals surface area contributed by atoms with E-state index in [1.54, 1.807) is 0 Å². The van der Waals surface area contributed by atoms with Gasteiger partial charge in [0, 0.05) is 27.7 Å². The quantitative estimate of drug-likeness (QED) is 0.506. The van der Waals surface area contributed by atoms with Crippen molar-refractivity contribution in [3.8, 4) is 0 Å². The van der Waals surface area contributed by atoms with E-state index in [0.29, 0.717) is 0 Å². The lowest BCUT2D eigenvalue weighted by Crippen LogP contribution is -2.57. The van der Waals surface area contributed by atoms with E-state index in [2.05, 4.69) is 0 Å². The molecule has 6 nitrogen and oxygen atoms in total. The highest BCUT2D eigenvalue weighted by Gasteiger charge is 2.69. The first-order valence-electron chi connectivity index (χ1n) is 5.62. The minimum absolute atomic E-state index is 0.561. The third-order valence-electron chi connectivity index (χ3n) is 2.81. The summed E-state index contributed by atoms with van der Waals surface area (Å²) in [5, 5.41) is 17.3. The molecule has 132 valence electrons. The number of halogens is 6. The van der Waals surface area contributed by atoms with Gasteiger partial charge in [0.25, 0.3) is 5.60 Å². The molecule has 0 aromatic carbocycles. The molecule has 0 saturated carbocycles. The molecule has 13 heteroatoms. The smallest absolute Gasteiger partial charge is 0.426 e. The summed E-state index contributed by atoms with van der Waals surface area (Å²) in [6.07, 6.45) is -14.7. The van der Waals surface area contributed by atoms with E-state index >= 15 is 0 Å². The summed E-state index contributed by atoms with van der Waals surface area (Å²) in [5.41, 5.74) is -0.0584. The fourth-order valence-electron chi connectivity index (χ4n) is 1.30. The first-order valence-corrected chi connectivity index (χ1v) is 7.51. The molecule has 0 aliphatic carbocycles. The number of aliphatic carboxylic acids is 1. The van der Waals surface area contributed by atoms with Gasteiger partial charge >= 0.3 is 18.3 Å². The zero-order chi connectivity index (χ0) is 18.0. The molecule has 0 amide bonds. The standard InChI is InChI=1S/C9H14F6N2O4S/c10-8(11,12)7(20,9(13,14)15)2-4-22(17,21)3-1-5(16)6(18)19/h5,17,20H,1-4,16H2,(H,18,19). The Morgan fingerprint density at radius 3 is 1.86 bits per heavy atom. The second kappa shape index (κ2) is 6.58. The van der Waals surface area contributed by atoms with Crippen molar-refractivity contribution in [3.63, 3.8) is 0 Å². The van der Waals surface area contributed by atoms with Crippen LogP contribution in [0.3, 0.4) is 0 Å². The van der Waals surface area contributed by atoms with Gasteiger partial charge in [0.15, 0.2) is 0 Å². The van der Waals surface area contributed by atoms with Gasteiger partial charge in [-0.1, -0.05) is 0 Å². The summed E-state index contributed by atoms with van der Waals surface area (Å²) in [5.74, 6) is -3.72. The topological polar surface area (TPSA) is 124 Å². The zero-order valence-corrected chi connectivity index (χ0v) is 11.7. The summed E-state index contributed by atoms with van der Waals surface area (Å²) in [4.78, 5) is 10.4. The van der Waals surface area contributed by atoms with Gasteiger partial charge in [0.1, 0.15) is 6.04 Å². The van der Waals surface area contributed by atoms with Crippen LogP contribution in [0.25, 0.3) is 0 Å². The molecule has 0 spiro atoms. The maximum absolute atomic E-state index is 12.4. The molecular weight excluding hydrogens is 346 g/mol. The monoisotopic (exact) mass is 360 g/mol. The van der Waals surface area contributed by atoms with Gasteiger partial charge in [-0.25, -0.2) is 4.21 Å². The van der Waals surface area contributed by atoms with E-state index < -0.39 is 64.0 Å². The molecule has 0 aliphatic heterocycles. The van der Waals surface area contributed by atoms with Crippen molar-refractivity contribution in [1.82, 2.24) is 0 Å².